The molecular formula is C30H24F3N5O2S2. The summed E-state index contributed by atoms with van der Waals surface area (Å²) in [4.78, 5) is 22.7. The van der Waals surface area contributed by atoms with Crippen molar-refractivity contribution in [1.82, 2.24) is 9.80 Å². The van der Waals surface area contributed by atoms with Crippen LogP contribution in [0.25, 0.3) is 5.70 Å². The van der Waals surface area contributed by atoms with Crippen LogP contribution in [0.4, 0.5) is 24.5 Å². The highest BCUT2D eigenvalue weighted by Crippen LogP contribution is 2.46. The number of alkyl halides is 3. The second kappa shape index (κ2) is 12.3. The fourth-order valence-electron chi connectivity index (χ4n) is 4.33. The lowest BCUT2D eigenvalue weighted by Crippen LogP contribution is -2.29. The van der Waals surface area contributed by atoms with Crippen molar-refractivity contribution in [3.05, 3.63) is 105 Å². The molecule has 0 atom stereocenters. The molecule has 1 fully saturated rings. The zero-order chi connectivity index (χ0) is 29.9. The summed E-state index contributed by atoms with van der Waals surface area (Å²) in [6.07, 6.45) is -4.77. The number of hydrogen-bond acceptors (Lipinski definition) is 8. The van der Waals surface area contributed by atoms with Gasteiger partial charge < -0.3 is 15.0 Å². The van der Waals surface area contributed by atoms with E-state index < -0.39 is 6.36 Å². The predicted molar refractivity (Wildman–Crippen MR) is 160 cm³/mol. The Kier molecular flexibility index (Phi) is 8.51. The molecule has 42 heavy (non-hydrogen) atoms. The molecule has 0 radical (unpaired) electrons. The molecule has 0 aliphatic carbocycles. The zero-order valence-corrected chi connectivity index (χ0v) is 24.1. The summed E-state index contributed by atoms with van der Waals surface area (Å²) in [5.41, 5.74) is 4.06. The van der Waals surface area contributed by atoms with Gasteiger partial charge in [0.05, 0.1) is 40.3 Å². The number of benzene rings is 3. The van der Waals surface area contributed by atoms with E-state index >= 15 is 0 Å². The third-order valence-corrected chi connectivity index (χ3v) is 8.52. The van der Waals surface area contributed by atoms with Crippen molar-refractivity contribution < 1.29 is 22.7 Å². The van der Waals surface area contributed by atoms with Crippen LogP contribution < -0.4 is 10.1 Å². The van der Waals surface area contributed by atoms with E-state index in [0.29, 0.717) is 45.0 Å². The second-order valence-electron chi connectivity index (χ2n) is 9.13. The van der Waals surface area contributed by atoms with Gasteiger partial charge in [-0.3, -0.25) is 9.69 Å². The van der Waals surface area contributed by atoms with Gasteiger partial charge in [-0.1, -0.05) is 42.1 Å². The number of amides is 1. The fourth-order valence-corrected chi connectivity index (χ4v) is 6.58. The molecule has 1 amide bonds. The van der Waals surface area contributed by atoms with E-state index in [2.05, 4.69) is 16.1 Å². The monoisotopic (exact) mass is 607 g/mol. The van der Waals surface area contributed by atoms with Crippen molar-refractivity contribution in [3.63, 3.8) is 0 Å². The number of nitriles is 1. The number of ether oxygens (including phenoxy) is 1. The van der Waals surface area contributed by atoms with E-state index in [9.17, 15) is 23.2 Å². The van der Waals surface area contributed by atoms with E-state index in [1.807, 2.05) is 47.6 Å². The van der Waals surface area contributed by atoms with Crippen molar-refractivity contribution in [2.24, 2.45) is 4.99 Å². The van der Waals surface area contributed by atoms with E-state index in [4.69, 9.17) is 4.99 Å². The Morgan fingerprint density at radius 2 is 1.81 bits per heavy atom. The van der Waals surface area contributed by atoms with Crippen molar-refractivity contribution in [2.75, 3.05) is 18.9 Å². The lowest BCUT2D eigenvalue weighted by Gasteiger charge is -2.19. The normalized spacial score (nSPS) is 18.0. The Balaban J connectivity index is 1.49. The highest BCUT2D eigenvalue weighted by molar-refractivity contribution is 8.19. The summed E-state index contributed by atoms with van der Waals surface area (Å²) in [6, 6.07) is 22.5. The van der Waals surface area contributed by atoms with Gasteiger partial charge >= 0.3 is 6.36 Å². The molecule has 3 aromatic rings. The summed E-state index contributed by atoms with van der Waals surface area (Å²) in [5.74, 6) is -0.531. The van der Waals surface area contributed by atoms with Gasteiger partial charge in [0.1, 0.15) is 10.7 Å². The first-order valence-electron chi connectivity index (χ1n) is 12.8. The number of hydrogen-bond donors (Lipinski definition) is 1. The van der Waals surface area contributed by atoms with Crippen LogP contribution in [0.2, 0.25) is 0 Å². The molecule has 0 bridgehead atoms. The highest BCUT2D eigenvalue weighted by atomic mass is 32.2. The summed E-state index contributed by atoms with van der Waals surface area (Å²) < 4.78 is 41.7. The Morgan fingerprint density at radius 1 is 1.07 bits per heavy atom. The van der Waals surface area contributed by atoms with Gasteiger partial charge in [-0.15, -0.1) is 13.2 Å². The number of thioether (sulfide) groups is 2. The van der Waals surface area contributed by atoms with E-state index in [-0.39, 0.29) is 11.7 Å². The molecule has 7 nitrogen and oxygen atoms in total. The fraction of sp³-hybridized carbons (Fsp3) is 0.167. The Hall–Kier alpha value is -4.34. The number of nitrogens with zero attached hydrogens (tertiary/aromatic N) is 4. The molecule has 3 aromatic carbocycles. The van der Waals surface area contributed by atoms with Crippen LogP contribution in [0.3, 0.4) is 0 Å². The SMILES string of the molecule is CCNc1ccc(C#N)cc1N=C1S/C(=C2\SC=C(c3ccc(OC(F)(F)F)cc3)N2C)C(=O)N1Cc1ccccc1. The van der Waals surface area contributed by atoms with Gasteiger partial charge in [-0.25, -0.2) is 4.99 Å². The van der Waals surface area contributed by atoms with Gasteiger partial charge in [-0.05, 0) is 72.3 Å². The van der Waals surface area contributed by atoms with Crippen LogP contribution >= 0.6 is 23.5 Å². The van der Waals surface area contributed by atoms with Crippen molar-refractivity contribution in [1.29, 1.82) is 5.26 Å². The number of anilines is 1. The Morgan fingerprint density at radius 3 is 2.48 bits per heavy atom. The molecule has 0 saturated carbocycles. The summed E-state index contributed by atoms with van der Waals surface area (Å²) in [7, 11) is 1.80. The largest absolute Gasteiger partial charge is 0.573 e. The van der Waals surface area contributed by atoms with Crippen LogP contribution in [-0.2, 0) is 11.3 Å². The molecule has 2 heterocycles. The smallest absolute Gasteiger partial charge is 0.406 e. The highest BCUT2D eigenvalue weighted by Gasteiger charge is 2.39. The van der Waals surface area contributed by atoms with Crippen LogP contribution in [-0.4, -0.2) is 40.8 Å². The molecule has 1 N–H and O–H groups in total. The standard InChI is InChI=1S/C30H24F3N5O2S2/c1-3-35-23-14-9-20(16-34)15-24(23)36-29-38(17-19-7-5-4-6-8-19)27(39)26(42-29)28-37(2)25(18-41-28)21-10-12-22(13-11-21)40-30(31,32)33/h4-15,18,35H,3,17H2,1-2H3/b28-26-,36-29?. The Labute approximate surface area is 249 Å². The van der Waals surface area contributed by atoms with Gasteiger partial charge in [0.2, 0.25) is 0 Å². The maximum Gasteiger partial charge on any atom is 0.573 e. The molecule has 0 spiro atoms. The number of rotatable bonds is 7. The lowest BCUT2D eigenvalue weighted by atomic mass is 10.1. The molecule has 2 aliphatic heterocycles. The third kappa shape index (κ3) is 6.42. The minimum atomic E-state index is -4.77. The molecule has 12 heteroatoms. The number of carbonyl (C=O) groups excluding carboxylic acids is 1. The number of aliphatic imine (C=N–C) groups is 1. The first-order valence-corrected chi connectivity index (χ1v) is 14.5. The van der Waals surface area contributed by atoms with E-state index in [1.165, 1.54) is 35.7 Å². The minimum absolute atomic E-state index is 0.220. The van der Waals surface area contributed by atoms with E-state index in [1.54, 1.807) is 42.3 Å². The number of amidine groups is 1. The molecule has 2 aliphatic rings. The average Bonchev–Trinajstić information content (AvgIpc) is 3.48. The zero-order valence-electron chi connectivity index (χ0n) is 22.5. The average molecular weight is 608 g/mol. The predicted octanol–water partition coefficient (Wildman–Crippen LogP) is 7.50. The molecule has 214 valence electrons. The molecule has 5 rings (SSSR count). The maximum atomic E-state index is 13.9. The molecular weight excluding hydrogens is 583 g/mol. The summed E-state index contributed by atoms with van der Waals surface area (Å²) in [6.45, 7) is 2.91. The minimum Gasteiger partial charge on any atom is -0.406 e. The first kappa shape index (κ1) is 29.2. The third-order valence-electron chi connectivity index (χ3n) is 6.28. The van der Waals surface area contributed by atoms with Gasteiger partial charge in [0, 0.05) is 19.0 Å². The van der Waals surface area contributed by atoms with Crippen molar-refractivity contribution >= 4 is 51.7 Å². The molecule has 1 saturated heterocycles. The van der Waals surface area contributed by atoms with Gasteiger partial charge in [0.25, 0.3) is 5.91 Å². The number of nitrogens with one attached hydrogen (secondary N) is 1. The van der Waals surface area contributed by atoms with Crippen LogP contribution in [0.5, 0.6) is 5.75 Å². The van der Waals surface area contributed by atoms with Crippen LogP contribution in [0.1, 0.15) is 23.6 Å². The number of halogens is 3. The van der Waals surface area contributed by atoms with Crippen molar-refractivity contribution in [3.8, 4) is 11.8 Å². The van der Waals surface area contributed by atoms with Crippen molar-refractivity contribution in [2.45, 2.75) is 19.8 Å². The lowest BCUT2D eigenvalue weighted by molar-refractivity contribution is -0.274. The molecule has 0 aromatic heterocycles. The second-order valence-corrected chi connectivity index (χ2v) is 11.0. The van der Waals surface area contributed by atoms with Crippen LogP contribution in [0.15, 0.2) is 93.1 Å². The van der Waals surface area contributed by atoms with E-state index in [0.717, 1.165) is 16.9 Å². The quantitative estimate of drug-likeness (QED) is 0.279. The van der Waals surface area contributed by atoms with Gasteiger partial charge in [0.15, 0.2) is 5.17 Å². The molecule has 0 unspecified atom stereocenters. The number of carbonyl (C=O) groups is 1. The van der Waals surface area contributed by atoms with Gasteiger partial charge in [-0.2, -0.15) is 5.26 Å². The summed E-state index contributed by atoms with van der Waals surface area (Å²) >= 11 is 2.60. The van der Waals surface area contributed by atoms with Crippen LogP contribution in [0, 0.1) is 11.3 Å². The topological polar surface area (TPSA) is 81.0 Å². The summed E-state index contributed by atoms with van der Waals surface area (Å²) in [5, 5.41) is 15.7. The Bertz CT molecular complexity index is 1630. The maximum absolute atomic E-state index is 13.9. The first-order chi connectivity index (χ1) is 20.2.